The number of H-pyrrole nitrogens is 1. The van der Waals surface area contributed by atoms with Crippen LogP contribution in [0.5, 0.6) is 0 Å². The summed E-state index contributed by atoms with van der Waals surface area (Å²) in [6, 6.07) is 10.7. The lowest BCUT2D eigenvalue weighted by atomic mass is 10.1. The molecule has 0 aromatic carbocycles. The Kier molecular flexibility index (Phi) is 3.74. The number of aromatic amines is 1. The molecule has 112 valence electrons. The van der Waals surface area contributed by atoms with Gasteiger partial charge in [0.1, 0.15) is 5.01 Å². The van der Waals surface area contributed by atoms with Crippen molar-refractivity contribution in [3.63, 3.8) is 0 Å². The molecule has 3 aromatic rings. The summed E-state index contributed by atoms with van der Waals surface area (Å²) in [4.78, 5) is 16.1. The van der Waals surface area contributed by atoms with E-state index in [4.69, 9.17) is 0 Å². The normalized spacial score (nSPS) is 18.8. The molecular formula is C17H18N4S. The van der Waals surface area contributed by atoms with E-state index in [1.54, 1.807) is 11.3 Å². The highest BCUT2D eigenvalue weighted by Crippen LogP contribution is 2.33. The summed E-state index contributed by atoms with van der Waals surface area (Å²) in [6.07, 6.45) is 8.32. The van der Waals surface area contributed by atoms with E-state index in [2.05, 4.69) is 32.0 Å². The van der Waals surface area contributed by atoms with Gasteiger partial charge in [0, 0.05) is 35.7 Å². The standard InChI is InChI=1S/C17H18N4S/c1-2-8-19-15(5-1)17-20-11-13(22-17)12-21-10-4-7-16(21)14-6-3-9-18-14/h1-3,5-6,8-9,11,16,18H,4,7,10,12H2/t16-/m1/s1. The van der Waals surface area contributed by atoms with Crippen LogP contribution in [0.25, 0.3) is 10.7 Å². The predicted molar refractivity (Wildman–Crippen MR) is 88.5 cm³/mol. The van der Waals surface area contributed by atoms with Crippen LogP contribution in [0.15, 0.2) is 48.9 Å². The number of hydrogen-bond donors (Lipinski definition) is 1. The maximum Gasteiger partial charge on any atom is 0.142 e. The largest absolute Gasteiger partial charge is 0.364 e. The molecule has 4 heterocycles. The number of hydrogen-bond acceptors (Lipinski definition) is 4. The number of nitrogens with zero attached hydrogens (tertiary/aromatic N) is 3. The molecule has 1 N–H and O–H groups in total. The summed E-state index contributed by atoms with van der Waals surface area (Å²) < 4.78 is 0. The molecular weight excluding hydrogens is 292 g/mol. The zero-order chi connectivity index (χ0) is 14.8. The van der Waals surface area contributed by atoms with Crippen LogP contribution >= 0.6 is 11.3 Å². The van der Waals surface area contributed by atoms with Gasteiger partial charge >= 0.3 is 0 Å². The molecule has 3 aromatic heterocycles. The van der Waals surface area contributed by atoms with Crippen molar-refractivity contribution in [3.8, 4) is 10.7 Å². The second kappa shape index (κ2) is 6.02. The molecule has 0 unspecified atom stereocenters. The number of nitrogens with one attached hydrogen (secondary N) is 1. The first-order valence-corrected chi connectivity index (χ1v) is 8.45. The summed E-state index contributed by atoms with van der Waals surface area (Å²) >= 11 is 1.75. The lowest BCUT2D eigenvalue weighted by Gasteiger charge is -2.22. The summed E-state index contributed by atoms with van der Waals surface area (Å²) in [5.41, 5.74) is 2.29. The molecule has 4 nitrogen and oxygen atoms in total. The fourth-order valence-electron chi connectivity index (χ4n) is 3.11. The predicted octanol–water partition coefficient (Wildman–Crippen LogP) is 3.87. The van der Waals surface area contributed by atoms with Crippen molar-refractivity contribution >= 4 is 11.3 Å². The van der Waals surface area contributed by atoms with E-state index in [1.165, 1.54) is 23.4 Å². The molecule has 0 radical (unpaired) electrons. The number of pyridine rings is 1. The van der Waals surface area contributed by atoms with Crippen molar-refractivity contribution in [2.75, 3.05) is 6.54 Å². The summed E-state index contributed by atoms with van der Waals surface area (Å²) in [5.74, 6) is 0. The number of aromatic nitrogens is 3. The minimum Gasteiger partial charge on any atom is -0.364 e. The van der Waals surface area contributed by atoms with Crippen LogP contribution < -0.4 is 0 Å². The Hall–Kier alpha value is -1.98. The van der Waals surface area contributed by atoms with Crippen molar-refractivity contribution in [2.45, 2.75) is 25.4 Å². The van der Waals surface area contributed by atoms with E-state index in [1.807, 2.05) is 36.8 Å². The molecule has 22 heavy (non-hydrogen) atoms. The number of likely N-dealkylation sites (tertiary alicyclic amines) is 1. The van der Waals surface area contributed by atoms with E-state index in [-0.39, 0.29) is 0 Å². The Morgan fingerprint density at radius 1 is 1.23 bits per heavy atom. The first kappa shape index (κ1) is 13.7. The molecule has 0 aliphatic carbocycles. The van der Waals surface area contributed by atoms with Crippen molar-refractivity contribution in [1.82, 2.24) is 19.9 Å². The lowest BCUT2D eigenvalue weighted by Crippen LogP contribution is -2.22. The Balaban J connectivity index is 1.51. The molecule has 4 rings (SSSR count). The first-order valence-electron chi connectivity index (χ1n) is 7.63. The molecule has 1 saturated heterocycles. The highest BCUT2D eigenvalue weighted by atomic mass is 32.1. The van der Waals surface area contributed by atoms with Crippen LogP contribution in [0.3, 0.4) is 0 Å². The van der Waals surface area contributed by atoms with Gasteiger partial charge in [-0.3, -0.25) is 9.88 Å². The Bertz CT molecular complexity index is 720. The van der Waals surface area contributed by atoms with Crippen molar-refractivity contribution < 1.29 is 0 Å². The zero-order valence-electron chi connectivity index (χ0n) is 12.3. The second-order valence-corrected chi connectivity index (χ2v) is 6.72. The molecule has 1 aliphatic rings. The van der Waals surface area contributed by atoms with Gasteiger partial charge in [-0.2, -0.15) is 0 Å². The maximum absolute atomic E-state index is 4.54. The first-order chi connectivity index (χ1) is 10.9. The molecule has 0 amide bonds. The van der Waals surface area contributed by atoms with Crippen LogP contribution in [-0.4, -0.2) is 26.4 Å². The van der Waals surface area contributed by atoms with E-state index < -0.39 is 0 Å². The van der Waals surface area contributed by atoms with Crippen molar-refractivity contribution in [3.05, 3.63) is 59.5 Å². The molecule has 0 bridgehead atoms. The van der Waals surface area contributed by atoms with Gasteiger partial charge in [-0.1, -0.05) is 6.07 Å². The average molecular weight is 310 g/mol. The van der Waals surface area contributed by atoms with Gasteiger partial charge in [-0.25, -0.2) is 4.98 Å². The Morgan fingerprint density at radius 3 is 3.05 bits per heavy atom. The molecule has 5 heteroatoms. The van der Waals surface area contributed by atoms with Crippen LogP contribution in [0, 0.1) is 0 Å². The van der Waals surface area contributed by atoms with Gasteiger partial charge in [0.2, 0.25) is 0 Å². The van der Waals surface area contributed by atoms with E-state index >= 15 is 0 Å². The zero-order valence-corrected chi connectivity index (χ0v) is 13.1. The fourth-order valence-corrected chi connectivity index (χ4v) is 4.02. The molecule has 0 spiro atoms. The monoisotopic (exact) mass is 310 g/mol. The quantitative estimate of drug-likeness (QED) is 0.795. The topological polar surface area (TPSA) is 44.8 Å². The molecule has 1 atom stereocenters. The third-order valence-corrected chi connectivity index (χ3v) is 5.15. The van der Waals surface area contributed by atoms with Gasteiger partial charge < -0.3 is 4.98 Å². The average Bonchev–Trinajstić information content (AvgIpc) is 3.30. The van der Waals surface area contributed by atoms with E-state index in [9.17, 15) is 0 Å². The second-order valence-electron chi connectivity index (χ2n) is 5.60. The third-order valence-electron chi connectivity index (χ3n) is 4.14. The molecule has 1 aliphatic heterocycles. The molecule has 1 fully saturated rings. The van der Waals surface area contributed by atoms with Crippen LogP contribution in [0.4, 0.5) is 0 Å². The maximum atomic E-state index is 4.54. The Labute approximate surface area is 133 Å². The van der Waals surface area contributed by atoms with Gasteiger partial charge in [-0.15, -0.1) is 11.3 Å². The third kappa shape index (κ3) is 2.69. The van der Waals surface area contributed by atoms with Crippen molar-refractivity contribution in [2.24, 2.45) is 0 Å². The van der Waals surface area contributed by atoms with Crippen LogP contribution in [-0.2, 0) is 6.54 Å². The van der Waals surface area contributed by atoms with Crippen LogP contribution in [0.1, 0.15) is 29.5 Å². The lowest BCUT2D eigenvalue weighted by molar-refractivity contribution is 0.247. The van der Waals surface area contributed by atoms with Crippen LogP contribution in [0.2, 0.25) is 0 Å². The smallest absolute Gasteiger partial charge is 0.142 e. The summed E-state index contributed by atoms with van der Waals surface area (Å²) in [7, 11) is 0. The summed E-state index contributed by atoms with van der Waals surface area (Å²) in [5, 5.41) is 1.01. The van der Waals surface area contributed by atoms with Gasteiger partial charge in [0.25, 0.3) is 0 Å². The summed E-state index contributed by atoms with van der Waals surface area (Å²) in [6.45, 7) is 2.12. The van der Waals surface area contributed by atoms with Crippen molar-refractivity contribution in [1.29, 1.82) is 0 Å². The van der Waals surface area contributed by atoms with Gasteiger partial charge in [-0.05, 0) is 43.7 Å². The molecule has 0 saturated carbocycles. The van der Waals surface area contributed by atoms with Gasteiger partial charge in [0.05, 0.1) is 11.7 Å². The SMILES string of the molecule is c1ccc(-c2ncc(CN3CCC[C@@H]3c3ccc[nH]3)s2)nc1. The van der Waals surface area contributed by atoms with E-state index in [0.29, 0.717) is 6.04 Å². The fraction of sp³-hybridized carbons (Fsp3) is 0.294. The Morgan fingerprint density at radius 2 is 2.23 bits per heavy atom. The minimum absolute atomic E-state index is 0.510. The minimum atomic E-state index is 0.510. The van der Waals surface area contributed by atoms with Gasteiger partial charge in [0.15, 0.2) is 0 Å². The number of rotatable bonds is 4. The van der Waals surface area contributed by atoms with E-state index in [0.717, 1.165) is 23.8 Å². The highest BCUT2D eigenvalue weighted by molar-refractivity contribution is 7.14. The number of thiazole rings is 1. The highest BCUT2D eigenvalue weighted by Gasteiger charge is 2.27.